The maximum atomic E-state index is 12.5. The van der Waals surface area contributed by atoms with Crippen LogP contribution >= 0.6 is 35.4 Å². The maximum absolute atomic E-state index is 12.5. The number of rotatable bonds is 4. The molecule has 0 aliphatic carbocycles. The summed E-state index contributed by atoms with van der Waals surface area (Å²) in [6, 6.07) is 9.06. The molecule has 3 rings (SSSR count). The van der Waals surface area contributed by atoms with E-state index in [1.165, 1.54) is 12.1 Å². The minimum Gasteiger partial charge on any atom is -0.378 e. The van der Waals surface area contributed by atoms with Gasteiger partial charge in [-0.3, -0.25) is 20.2 Å². The first-order valence-electron chi connectivity index (χ1n) is 8.53. The van der Waals surface area contributed by atoms with Crippen molar-refractivity contribution < 1.29 is 14.5 Å². The third kappa shape index (κ3) is 5.54. The second kappa shape index (κ2) is 9.36. The highest BCUT2D eigenvalue weighted by atomic mass is 35.5. The first-order chi connectivity index (χ1) is 13.8. The predicted molar refractivity (Wildman–Crippen MR) is 116 cm³/mol. The molecule has 152 valence electrons. The molecule has 0 atom stereocenters. The van der Waals surface area contributed by atoms with Crippen LogP contribution in [-0.2, 0) is 4.74 Å². The van der Waals surface area contributed by atoms with Gasteiger partial charge in [0.1, 0.15) is 5.69 Å². The van der Waals surface area contributed by atoms with Gasteiger partial charge in [-0.2, -0.15) is 0 Å². The van der Waals surface area contributed by atoms with Gasteiger partial charge in [0.15, 0.2) is 5.11 Å². The molecule has 1 heterocycles. The molecule has 1 aliphatic rings. The molecule has 11 heteroatoms. The number of carbonyl (C=O) groups is 1. The van der Waals surface area contributed by atoms with Crippen molar-refractivity contribution in [2.24, 2.45) is 0 Å². The summed E-state index contributed by atoms with van der Waals surface area (Å²) in [6.45, 7) is 2.07. The Morgan fingerprint density at radius 3 is 2.41 bits per heavy atom. The number of halogens is 2. The summed E-state index contributed by atoms with van der Waals surface area (Å²) in [5.74, 6) is -0.577. The fraction of sp³-hybridized carbons (Fsp3) is 0.222. The van der Waals surface area contributed by atoms with Crippen LogP contribution in [0.3, 0.4) is 0 Å². The number of carbonyl (C=O) groups excluding carboxylic acids is 1. The van der Waals surface area contributed by atoms with Gasteiger partial charge >= 0.3 is 0 Å². The summed E-state index contributed by atoms with van der Waals surface area (Å²) < 4.78 is 5.28. The SMILES string of the molecule is O=C(NC(=S)Nc1cc(Cl)cc(Cl)c1)c1ccc(N2CCOCC2)c([N+](=O)[O-])c1. The average molecular weight is 455 g/mol. The standard InChI is InChI=1S/C18H16Cl2N4O4S/c19-12-8-13(20)10-14(9-12)21-18(29)22-17(25)11-1-2-15(16(7-11)24(26)27)23-3-5-28-6-4-23/h1-2,7-10H,3-6H2,(H2,21,22,25,29). The number of benzene rings is 2. The highest BCUT2D eigenvalue weighted by Gasteiger charge is 2.23. The number of nitrogens with one attached hydrogen (secondary N) is 2. The van der Waals surface area contributed by atoms with Gasteiger partial charge in [-0.25, -0.2) is 0 Å². The Kier molecular flexibility index (Phi) is 6.86. The molecule has 1 fully saturated rings. The molecule has 0 spiro atoms. The monoisotopic (exact) mass is 454 g/mol. The van der Waals surface area contributed by atoms with E-state index in [2.05, 4.69) is 10.6 Å². The van der Waals surface area contributed by atoms with Gasteiger partial charge in [-0.05, 0) is 42.5 Å². The van der Waals surface area contributed by atoms with E-state index >= 15 is 0 Å². The van der Waals surface area contributed by atoms with E-state index in [4.69, 9.17) is 40.2 Å². The van der Waals surface area contributed by atoms with Crippen LogP contribution < -0.4 is 15.5 Å². The van der Waals surface area contributed by atoms with Crippen LogP contribution in [0.5, 0.6) is 0 Å². The first kappa shape index (κ1) is 21.3. The molecule has 2 aromatic carbocycles. The van der Waals surface area contributed by atoms with Gasteiger partial charge in [0.25, 0.3) is 11.6 Å². The second-order valence-electron chi connectivity index (χ2n) is 6.13. The Morgan fingerprint density at radius 1 is 1.14 bits per heavy atom. The Hall–Kier alpha value is -2.46. The topological polar surface area (TPSA) is 96.7 Å². The van der Waals surface area contributed by atoms with Crippen LogP contribution in [0.2, 0.25) is 10.0 Å². The zero-order chi connectivity index (χ0) is 21.0. The number of nitro groups is 1. The molecule has 0 radical (unpaired) electrons. The van der Waals surface area contributed by atoms with Crippen molar-refractivity contribution in [3.05, 3.63) is 62.1 Å². The zero-order valence-electron chi connectivity index (χ0n) is 15.0. The summed E-state index contributed by atoms with van der Waals surface area (Å²) in [5, 5.41) is 17.6. The molecule has 1 saturated heterocycles. The van der Waals surface area contributed by atoms with Crippen molar-refractivity contribution in [1.29, 1.82) is 0 Å². The van der Waals surface area contributed by atoms with Crippen LogP contribution in [0.15, 0.2) is 36.4 Å². The highest BCUT2D eigenvalue weighted by Crippen LogP contribution is 2.30. The minimum atomic E-state index is -0.577. The number of ether oxygens (including phenoxy) is 1. The van der Waals surface area contributed by atoms with E-state index in [0.717, 1.165) is 0 Å². The molecule has 2 aromatic rings. The molecule has 29 heavy (non-hydrogen) atoms. The predicted octanol–water partition coefficient (Wildman–Crippen LogP) is 3.87. The summed E-state index contributed by atoms with van der Waals surface area (Å²) in [6.07, 6.45) is 0. The molecule has 2 N–H and O–H groups in total. The number of morpholine rings is 1. The molecule has 0 saturated carbocycles. The van der Waals surface area contributed by atoms with E-state index < -0.39 is 10.8 Å². The average Bonchev–Trinajstić information content (AvgIpc) is 2.67. The number of nitrogens with zero attached hydrogens (tertiary/aromatic N) is 2. The van der Waals surface area contributed by atoms with Crippen LogP contribution in [0, 0.1) is 10.1 Å². The first-order valence-corrected chi connectivity index (χ1v) is 9.69. The Labute approximate surface area is 181 Å². The lowest BCUT2D eigenvalue weighted by Crippen LogP contribution is -2.37. The molecule has 0 unspecified atom stereocenters. The molecule has 1 aliphatic heterocycles. The smallest absolute Gasteiger partial charge is 0.293 e. The second-order valence-corrected chi connectivity index (χ2v) is 7.41. The largest absolute Gasteiger partial charge is 0.378 e. The fourth-order valence-corrected chi connectivity index (χ4v) is 3.58. The van der Waals surface area contributed by atoms with Gasteiger partial charge in [-0.1, -0.05) is 23.2 Å². The fourth-order valence-electron chi connectivity index (χ4n) is 2.85. The highest BCUT2D eigenvalue weighted by molar-refractivity contribution is 7.80. The van der Waals surface area contributed by atoms with E-state index in [-0.39, 0.29) is 16.4 Å². The lowest BCUT2D eigenvalue weighted by molar-refractivity contribution is -0.384. The normalized spacial score (nSPS) is 13.7. The van der Waals surface area contributed by atoms with Crippen molar-refractivity contribution in [3.8, 4) is 0 Å². The number of nitro benzene ring substituents is 1. The number of anilines is 2. The number of thiocarbonyl (C=S) groups is 1. The summed E-state index contributed by atoms with van der Waals surface area (Å²) >= 11 is 17.0. The van der Waals surface area contributed by atoms with Crippen molar-refractivity contribution in [1.82, 2.24) is 5.32 Å². The summed E-state index contributed by atoms with van der Waals surface area (Å²) in [7, 11) is 0. The van der Waals surface area contributed by atoms with Crippen molar-refractivity contribution >= 4 is 63.5 Å². The van der Waals surface area contributed by atoms with Crippen molar-refractivity contribution in [3.63, 3.8) is 0 Å². The van der Waals surface area contributed by atoms with Gasteiger partial charge < -0.3 is 15.0 Å². The lowest BCUT2D eigenvalue weighted by Gasteiger charge is -2.28. The Morgan fingerprint density at radius 2 is 1.79 bits per heavy atom. The number of amides is 1. The molecule has 0 bridgehead atoms. The summed E-state index contributed by atoms with van der Waals surface area (Å²) in [4.78, 5) is 25.4. The molecular weight excluding hydrogens is 439 g/mol. The van der Waals surface area contributed by atoms with E-state index in [9.17, 15) is 14.9 Å². The maximum Gasteiger partial charge on any atom is 0.293 e. The minimum absolute atomic E-state index is 0.00763. The van der Waals surface area contributed by atoms with Gasteiger partial charge in [0, 0.05) is 40.5 Å². The van der Waals surface area contributed by atoms with Crippen molar-refractivity contribution in [2.45, 2.75) is 0 Å². The Balaban J connectivity index is 1.73. The molecule has 0 aromatic heterocycles. The molecular formula is C18H16Cl2N4O4S. The lowest BCUT2D eigenvalue weighted by atomic mass is 10.1. The zero-order valence-corrected chi connectivity index (χ0v) is 17.3. The van der Waals surface area contributed by atoms with E-state index in [0.29, 0.717) is 47.7 Å². The number of hydrogen-bond donors (Lipinski definition) is 2. The summed E-state index contributed by atoms with van der Waals surface area (Å²) in [5.41, 5.74) is 0.910. The van der Waals surface area contributed by atoms with Gasteiger partial charge in [0.2, 0.25) is 0 Å². The van der Waals surface area contributed by atoms with Crippen molar-refractivity contribution in [2.75, 3.05) is 36.5 Å². The van der Waals surface area contributed by atoms with Gasteiger partial charge in [0.05, 0.1) is 18.1 Å². The Bertz CT molecular complexity index is 947. The molecule has 8 nitrogen and oxygen atoms in total. The van der Waals surface area contributed by atoms with Crippen LogP contribution in [0.1, 0.15) is 10.4 Å². The van der Waals surface area contributed by atoms with Crippen LogP contribution in [0.4, 0.5) is 17.1 Å². The third-order valence-corrected chi connectivity index (χ3v) is 4.77. The van der Waals surface area contributed by atoms with E-state index in [1.807, 2.05) is 4.90 Å². The van der Waals surface area contributed by atoms with Crippen LogP contribution in [-0.4, -0.2) is 42.2 Å². The van der Waals surface area contributed by atoms with Crippen LogP contribution in [0.25, 0.3) is 0 Å². The van der Waals surface area contributed by atoms with E-state index in [1.54, 1.807) is 24.3 Å². The quantitative estimate of drug-likeness (QED) is 0.411. The number of hydrogen-bond acceptors (Lipinski definition) is 6. The third-order valence-electron chi connectivity index (χ3n) is 4.13. The molecule has 1 amide bonds. The van der Waals surface area contributed by atoms with Gasteiger partial charge in [-0.15, -0.1) is 0 Å².